The van der Waals surface area contributed by atoms with Crippen LogP contribution in [0.3, 0.4) is 0 Å². The number of hydrogen-bond donors (Lipinski definition) is 0. The van der Waals surface area contributed by atoms with Gasteiger partial charge in [-0.3, -0.25) is 14.4 Å². The molecule has 0 heterocycles. The summed E-state index contributed by atoms with van der Waals surface area (Å²) in [5.41, 5.74) is -0.335. The Morgan fingerprint density at radius 2 is 1.14 bits per heavy atom. The normalized spacial score (nSPS) is 57.1. The van der Waals surface area contributed by atoms with E-state index in [2.05, 4.69) is 0 Å². The van der Waals surface area contributed by atoms with Gasteiger partial charge in [-0.15, -0.1) is 0 Å². The van der Waals surface area contributed by atoms with E-state index in [1.165, 1.54) is 21.3 Å². The molecule has 22 heavy (non-hydrogen) atoms. The van der Waals surface area contributed by atoms with Gasteiger partial charge in [0.2, 0.25) is 0 Å². The van der Waals surface area contributed by atoms with Gasteiger partial charge in [-0.25, -0.2) is 0 Å². The van der Waals surface area contributed by atoms with E-state index in [9.17, 15) is 14.4 Å². The van der Waals surface area contributed by atoms with Crippen molar-refractivity contribution in [3.05, 3.63) is 0 Å². The quantitative estimate of drug-likeness (QED) is 0.544. The average molecular weight is 306 g/mol. The highest BCUT2D eigenvalue weighted by atomic mass is 16.5. The maximum absolute atomic E-state index is 12.3. The first-order chi connectivity index (χ1) is 10.6. The molecular weight excluding hydrogens is 288 g/mol. The molecule has 4 unspecified atom stereocenters. The van der Waals surface area contributed by atoms with Gasteiger partial charge in [-0.05, 0) is 41.4 Å². The lowest BCUT2D eigenvalue weighted by molar-refractivity contribution is -0.516. The second kappa shape index (κ2) is 3.49. The van der Waals surface area contributed by atoms with Crippen LogP contribution < -0.4 is 0 Å². The Labute approximate surface area is 127 Å². The molecule has 2 bridgehead atoms. The molecule has 6 fully saturated rings. The van der Waals surface area contributed by atoms with Crippen molar-refractivity contribution < 1.29 is 28.6 Å². The van der Waals surface area contributed by atoms with Crippen LogP contribution in [0.2, 0.25) is 0 Å². The fraction of sp³-hybridized carbons (Fsp3) is 0.812. The Bertz CT molecular complexity index is 602. The summed E-state index contributed by atoms with van der Waals surface area (Å²) in [7, 11) is 4.16. The van der Waals surface area contributed by atoms with Gasteiger partial charge in [0.05, 0.1) is 38.6 Å². The molecule has 0 amide bonds. The van der Waals surface area contributed by atoms with Gasteiger partial charge in [0.15, 0.2) is 0 Å². The van der Waals surface area contributed by atoms with Crippen molar-refractivity contribution in [2.45, 2.75) is 0 Å². The zero-order valence-electron chi connectivity index (χ0n) is 12.6. The first kappa shape index (κ1) is 12.9. The number of carbonyl (C=O) groups excluding carboxylic acids is 3. The summed E-state index contributed by atoms with van der Waals surface area (Å²) in [6.45, 7) is 0. The summed E-state index contributed by atoms with van der Waals surface area (Å²) in [5, 5.41) is 0. The molecule has 6 saturated carbocycles. The molecule has 10 atom stereocenters. The van der Waals surface area contributed by atoms with Crippen LogP contribution >= 0.6 is 0 Å². The van der Waals surface area contributed by atoms with E-state index in [-0.39, 0.29) is 47.0 Å². The van der Waals surface area contributed by atoms with Crippen molar-refractivity contribution in [2.75, 3.05) is 21.3 Å². The fourth-order valence-electron chi connectivity index (χ4n) is 7.60. The molecule has 0 spiro atoms. The van der Waals surface area contributed by atoms with Crippen LogP contribution in [0.4, 0.5) is 0 Å². The lowest BCUT2D eigenvalue weighted by Gasteiger charge is -2.97. The zero-order valence-corrected chi connectivity index (χ0v) is 12.6. The van der Waals surface area contributed by atoms with E-state index in [1.54, 1.807) is 0 Å². The van der Waals surface area contributed by atoms with E-state index in [1.807, 2.05) is 0 Å². The van der Waals surface area contributed by atoms with Crippen molar-refractivity contribution in [3.8, 4) is 0 Å². The lowest BCUT2D eigenvalue weighted by Crippen LogP contribution is -3.00. The summed E-state index contributed by atoms with van der Waals surface area (Å²) < 4.78 is 14.9. The maximum atomic E-state index is 12.3. The average Bonchev–Trinajstić information content (AvgIpc) is 2.52. The minimum absolute atomic E-state index is 0.0839. The number of fused-ring (bicyclic) bond motifs is 1. The topological polar surface area (TPSA) is 78.9 Å². The SMILES string of the molecule is COC(=O)[C@@H]1C2[C@@H]3C4[C@H]2[C@H]2C([C@H]3C42C(=O)OC)[C@@H]1C(=O)OC. The molecular formula is C16H18O6. The van der Waals surface area contributed by atoms with Gasteiger partial charge in [0, 0.05) is 0 Å². The molecule has 6 heteroatoms. The molecule has 0 radical (unpaired) electrons. The van der Waals surface area contributed by atoms with Crippen LogP contribution in [0.25, 0.3) is 0 Å². The third-order valence-electron chi connectivity index (χ3n) is 7.73. The number of rotatable bonds is 3. The lowest BCUT2D eigenvalue weighted by atomic mass is 9.04. The number of carbonyl (C=O) groups is 3. The van der Waals surface area contributed by atoms with Gasteiger partial charge in [-0.2, -0.15) is 0 Å². The van der Waals surface area contributed by atoms with Crippen molar-refractivity contribution >= 4 is 17.9 Å². The summed E-state index contributed by atoms with van der Waals surface area (Å²) in [6, 6.07) is 0. The molecule has 0 aromatic rings. The predicted molar refractivity (Wildman–Crippen MR) is 69.9 cm³/mol. The van der Waals surface area contributed by atoms with E-state index in [0.29, 0.717) is 17.8 Å². The highest BCUT2D eigenvalue weighted by molar-refractivity contribution is 5.90. The largest absolute Gasteiger partial charge is 0.469 e. The Hall–Kier alpha value is -1.59. The molecule has 0 aromatic carbocycles. The summed E-state index contributed by atoms with van der Waals surface area (Å²) in [6.07, 6.45) is 0. The highest BCUT2D eigenvalue weighted by Gasteiger charge is 3.01. The van der Waals surface area contributed by atoms with Gasteiger partial charge in [-0.1, -0.05) is 0 Å². The molecule has 0 saturated heterocycles. The Morgan fingerprint density at radius 3 is 1.59 bits per heavy atom. The maximum Gasteiger partial charge on any atom is 0.312 e. The molecule has 6 nitrogen and oxygen atoms in total. The number of hydrogen-bond acceptors (Lipinski definition) is 6. The van der Waals surface area contributed by atoms with Crippen molar-refractivity contribution in [1.82, 2.24) is 0 Å². The van der Waals surface area contributed by atoms with Crippen LogP contribution in [0.15, 0.2) is 0 Å². The third-order valence-corrected chi connectivity index (χ3v) is 7.73. The summed E-state index contributed by atoms with van der Waals surface area (Å²) in [5.74, 6) is 0.240. The molecule has 0 aromatic heterocycles. The minimum Gasteiger partial charge on any atom is -0.469 e. The van der Waals surface area contributed by atoms with Gasteiger partial charge in [0.1, 0.15) is 0 Å². The van der Waals surface area contributed by atoms with Crippen LogP contribution in [0.5, 0.6) is 0 Å². The van der Waals surface area contributed by atoms with Gasteiger partial charge in [0.25, 0.3) is 0 Å². The van der Waals surface area contributed by atoms with E-state index < -0.39 is 11.8 Å². The fourth-order valence-corrected chi connectivity index (χ4v) is 7.60. The molecule has 6 aliphatic carbocycles. The first-order valence-electron chi connectivity index (χ1n) is 7.81. The highest BCUT2D eigenvalue weighted by Crippen LogP contribution is 2.98. The summed E-state index contributed by atoms with van der Waals surface area (Å²) >= 11 is 0. The Kier molecular flexibility index (Phi) is 2.05. The number of ether oxygens (including phenoxy) is 3. The molecule has 0 N–H and O–H groups in total. The standard InChI is InChI=1S/C16H18O6/c1-20-13(17)5-4-7-10-8(4)12-9(6(5)14(18)21-2)11(7)16(10,12)15(19)22-3/h4-12H,1-3H3/t4?,5-,6-,7-,8+,9?,10?,11+,12+,16?/m1/s1. The Morgan fingerprint density at radius 1 is 0.682 bits per heavy atom. The van der Waals surface area contributed by atoms with Gasteiger partial charge >= 0.3 is 17.9 Å². The van der Waals surface area contributed by atoms with Crippen LogP contribution in [0.1, 0.15) is 0 Å². The molecule has 6 aliphatic rings. The summed E-state index contributed by atoms with van der Waals surface area (Å²) in [4.78, 5) is 36.8. The Balaban J connectivity index is 1.55. The van der Waals surface area contributed by atoms with E-state index in [4.69, 9.17) is 14.2 Å². The van der Waals surface area contributed by atoms with E-state index in [0.717, 1.165) is 0 Å². The van der Waals surface area contributed by atoms with Crippen molar-refractivity contribution in [3.63, 3.8) is 0 Å². The van der Waals surface area contributed by atoms with Crippen LogP contribution in [-0.2, 0) is 28.6 Å². The number of methoxy groups -OCH3 is 3. The second-order valence-electron chi connectivity index (χ2n) is 7.41. The van der Waals surface area contributed by atoms with Crippen molar-refractivity contribution in [1.29, 1.82) is 0 Å². The smallest absolute Gasteiger partial charge is 0.312 e. The molecule has 0 aliphatic heterocycles. The molecule has 6 rings (SSSR count). The third kappa shape index (κ3) is 0.863. The van der Waals surface area contributed by atoms with Crippen LogP contribution in [0, 0.1) is 58.7 Å². The van der Waals surface area contributed by atoms with Crippen LogP contribution in [-0.4, -0.2) is 39.2 Å². The number of esters is 3. The molecule has 118 valence electrons. The zero-order chi connectivity index (χ0) is 15.5. The van der Waals surface area contributed by atoms with Gasteiger partial charge < -0.3 is 14.2 Å². The second-order valence-corrected chi connectivity index (χ2v) is 7.41. The predicted octanol–water partition coefficient (Wildman–Crippen LogP) is 0.106. The first-order valence-corrected chi connectivity index (χ1v) is 7.81. The monoisotopic (exact) mass is 306 g/mol. The van der Waals surface area contributed by atoms with Crippen molar-refractivity contribution in [2.24, 2.45) is 58.7 Å². The van der Waals surface area contributed by atoms with E-state index >= 15 is 0 Å². The minimum atomic E-state index is -0.455.